The number of aliphatic carboxylic acids is 1. The van der Waals surface area contributed by atoms with Crippen molar-refractivity contribution >= 4 is 40.2 Å². The van der Waals surface area contributed by atoms with Crippen LogP contribution in [0.2, 0.25) is 0 Å². The average Bonchev–Trinajstić information content (AvgIpc) is 3.13. The van der Waals surface area contributed by atoms with E-state index in [0.29, 0.717) is 6.54 Å². The van der Waals surface area contributed by atoms with Crippen LogP contribution in [0.3, 0.4) is 0 Å². The second-order valence-electron chi connectivity index (χ2n) is 5.80. The maximum atomic E-state index is 12.0. The van der Waals surface area contributed by atoms with E-state index in [-0.39, 0.29) is 42.4 Å². The molecule has 1 heterocycles. The smallest absolute Gasteiger partial charge is 0.321 e. The number of nitrogens with one attached hydrogen (secondary N) is 3. The zero-order chi connectivity index (χ0) is 20.4. The fourth-order valence-corrected chi connectivity index (χ4v) is 2.84. The number of anilines is 1. The van der Waals surface area contributed by atoms with E-state index in [1.165, 1.54) is 5.38 Å². The topological polar surface area (TPSA) is 137 Å². The van der Waals surface area contributed by atoms with Crippen LogP contribution in [0.25, 0.3) is 0 Å². The Morgan fingerprint density at radius 1 is 1.04 bits per heavy atom. The molecule has 3 amide bonds. The molecular weight excluding hydrogens is 384 g/mol. The SMILES string of the molecule is O=C(O)CCCC(=O)CNC(=O)c1csc(NC(=O)NCc2ccccc2)n1. The molecule has 148 valence electrons. The highest BCUT2D eigenvalue weighted by Crippen LogP contribution is 2.15. The molecule has 2 aromatic rings. The first-order valence-corrected chi connectivity index (χ1v) is 9.38. The second-order valence-corrected chi connectivity index (χ2v) is 6.66. The summed E-state index contributed by atoms with van der Waals surface area (Å²) in [6.07, 6.45) is 0.220. The quantitative estimate of drug-likeness (QED) is 0.478. The summed E-state index contributed by atoms with van der Waals surface area (Å²) in [4.78, 5) is 49.9. The molecule has 1 aromatic heterocycles. The number of carbonyl (C=O) groups excluding carboxylic acids is 3. The molecule has 2 rings (SSSR count). The Morgan fingerprint density at radius 2 is 1.79 bits per heavy atom. The molecule has 0 fully saturated rings. The highest BCUT2D eigenvalue weighted by Gasteiger charge is 2.13. The first-order chi connectivity index (χ1) is 13.4. The van der Waals surface area contributed by atoms with Gasteiger partial charge in [-0.2, -0.15) is 0 Å². The molecular formula is C18H20N4O5S. The van der Waals surface area contributed by atoms with Crippen molar-refractivity contribution in [2.75, 3.05) is 11.9 Å². The summed E-state index contributed by atoms with van der Waals surface area (Å²) in [5.41, 5.74) is 1.03. The molecule has 0 aliphatic rings. The normalized spacial score (nSPS) is 10.1. The van der Waals surface area contributed by atoms with Crippen molar-refractivity contribution < 1.29 is 24.3 Å². The third-order valence-corrected chi connectivity index (χ3v) is 4.30. The summed E-state index contributed by atoms with van der Waals surface area (Å²) in [6.45, 7) is 0.158. The van der Waals surface area contributed by atoms with Gasteiger partial charge in [0.25, 0.3) is 5.91 Å². The van der Waals surface area contributed by atoms with Crippen molar-refractivity contribution in [3.8, 4) is 0 Å². The third kappa shape index (κ3) is 7.54. The van der Waals surface area contributed by atoms with Gasteiger partial charge in [0.1, 0.15) is 5.69 Å². The van der Waals surface area contributed by atoms with Crippen LogP contribution in [0.4, 0.5) is 9.93 Å². The van der Waals surface area contributed by atoms with Crippen molar-refractivity contribution in [1.29, 1.82) is 0 Å². The van der Waals surface area contributed by atoms with Crippen LogP contribution < -0.4 is 16.0 Å². The molecule has 28 heavy (non-hydrogen) atoms. The van der Waals surface area contributed by atoms with Gasteiger partial charge in [0.15, 0.2) is 10.9 Å². The van der Waals surface area contributed by atoms with Crippen LogP contribution in [0.5, 0.6) is 0 Å². The highest BCUT2D eigenvalue weighted by molar-refractivity contribution is 7.14. The van der Waals surface area contributed by atoms with Crippen molar-refractivity contribution in [1.82, 2.24) is 15.6 Å². The number of hydrogen-bond acceptors (Lipinski definition) is 6. The Balaban J connectivity index is 1.73. The van der Waals surface area contributed by atoms with E-state index < -0.39 is 17.9 Å². The maximum Gasteiger partial charge on any atom is 0.321 e. The van der Waals surface area contributed by atoms with E-state index in [9.17, 15) is 19.2 Å². The minimum Gasteiger partial charge on any atom is -0.481 e. The summed E-state index contributed by atoms with van der Waals surface area (Å²) in [6, 6.07) is 8.95. The number of benzene rings is 1. The van der Waals surface area contributed by atoms with Gasteiger partial charge in [-0.1, -0.05) is 30.3 Å². The fourth-order valence-electron chi connectivity index (χ4n) is 2.15. The maximum absolute atomic E-state index is 12.0. The lowest BCUT2D eigenvalue weighted by Gasteiger charge is -2.05. The number of thiazole rings is 1. The van der Waals surface area contributed by atoms with Gasteiger partial charge in [-0.3, -0.25) is 19.7 Å². The van der Waals surface area contributed by atoms with Crippen molar-refractivity contribution in [2.24, 2.45) is 0 Å². The number of rotatable bonds is 10. The minimum atomic E-state index is -0.966. The number of nitrogens with zero attached hydrogens (tertiary/aromatic N) is 1. The van der Waals surface area contributed by atoms with E-state index in [1.807, 2.05) is 30.3 Å². The number of urea groups is 1. The molecule has 10 heteroatoms. The molecule has 0 radical (unpaired) electrons. The lowest BCUT2D eigenvalue weighted by Crippen LogP contribution is -2.30. The first-order valence-electron chi connectivity index (χ1n) is 8.50. The molecule has 0 aliphatic carbocycles. The van der Waals surface area contributed by atoms with Gasteiger partial charge >= 0.3 is 12.0 Å². The van der Waals surface area contributed by atoms with E-state index in [1.54, 1.807) is 0 Å². The lowest BCUT2D eigenvalue weighted by molar-refractivity contribution is -0.137. The molecule has 0 unspecified atom stereocenters. The monoisotopic (exact) mass is 404 g/mol. The second kappa shape index (κ2) is 10.8. The zero-order valence-corrected chi connectivity index (χ0v) is 15.8. The van der Waals surface area contributed by atoms with Crippen molar-refractivity contribution in [2.45, 2.75) is 25.8 Å². The standard InChI is InChI=1S/C18H20N4O5S/c23-13(7-4-8-15(24)25)10-19-16(26)14-11-28-18(21-14)22-17(27)20-9-12-5-2-1-3-6-12/h1-3,5-6,11H,4,7-10H2,(H,19,26)(H,24,25)(H2,20,21,22,27). The average molecular weight is 404 g/mol. The van der Waals surface area contributed by atoms with E-state index in [0.717, 1.165) is 16.9 Å². The number of ketones is 1. The zero-order valence-electron chi connectivity index (χ0n) is 14.9. The fraction of sp³-hybridized carbons (Fsp3) is 0.278. The molecule has 0 saturated carbocycles. The van der Waals surface area contributed by atoms with E-state index in [4.69, 9.17) is 5.11 Å². The summed E-state index contributed by atoms with van der Waals surface area (Å²) in [7, 11) is 0. The number of aromatic nitrogens is 1. The summed E-state index contributed by atoms with van der Waals surface area (Å²) in [5, 5.41) is 17.9. The van der Waals surface area contributed by atoms with Crippen LogP contribution in [-0.2, 0) is 16.1 Å². The highest BCUT2D eigenvalue weighted by atomic mass is 32.1. The summed E-state index contributed by atoms with van der Waals surface area (Å²) in [5.74, 6) is -1.77. The number of Topliss-reactive ketones (excluding diaryl/α,β-unsaturated/α-hetero) is 1. The summed E-state index contributed by atoms with van der Waals surface area (Å²) >= 11 is 1.09. The minimum absolute atomic E-state index is 0.0814. The van der Waals surface area contributed by atoms with Gasteiger partial charge in [0.2, 0.25) is 0 Å². The van der Waals surface area contributed by atoms with E-state index in [2.05, 4.69) is 20.9 Å². The van der Waals surface area contributed by atoms with Gasteiger partial charge in [0.05, 0.1) is 6.54 Å². The molecule has 0 atom stereocenters. The first kappa shape index (κ1) is 21.0. The lowest BCUT2D eigenvalue weighted by atomic mass is 10.2. The Hall–Kier alpha value is -3.27. The molecule has 0 bridgehead atoms. The van der Waals surface area contributed by atoms with Crippen LogP contribution in [0, 0.1) is 0 Å². The summed E-state index contributed by atoms with van der Waals surface area (Å²) < 4.78 is 0. The molecule has 1 aromatic carbocycles. The predicted molar refractivity (Wildman–Crippen MR) is 103 cm³/mol. The number of carbonyl (C=O) groups is 4. The number of carboxylic acid groups (broad SMARTS) is 1. The van der Waals surface area contributed by atoms with Crippen LogP contribution in [0.1, 0.15) is 35.3 Å². The Kier molecular flexibility index (Phi) is 8.10. The number of amides is 3. The van der Waals surface area contributed by atoms with Crippen LogP contribution in [0.15, 0.2) is 35.7 Å². The number of hydrogen-bond donors (Lipinski definition) is 4. The van der Waals surface area contributed by atoms with Gasteiger partial charge in [-0.15, -0.1) is 11.3 Å². The molecule has 9 nitrogen and oxygen atoms in total. The van der Waals surface area contributed by atoms with Gasteiger partial charge in [-0.25, -0.2) is 9.78 Å². The van der Waals surface area contributed by atoms with Gasteiger partial charge in [-0.05, 0) is 12.0 Å². The molecule has 4 N–H and O–H groups in total. The largest absolute Gasteiger partial charge is 0.481 e. The Labute approximate surface area is 165 Å². The predicted octanol–water partition coefficient (Wildman–Crippen LogP) is 2.02. The Bertz CT molecular complexity index is 838. The molecule has 0 spiro atoms. The number of carboxylic acids is 1. The molecule has 0 saturated heterocycles. The third-order valence-electron chi connectivity index (χ3n) is 3.55. The Morgan fingerprint density at radius 3 is 2.50 bits per heavy atom. The van der Waals surface area contributed by atoms with Gasteiger partial charge in [0, 0.05) is 24.8 Å². The van der Waals surface area contributed by atoms with E-state index >= 15 is 0 Å². The van der Waals surface area contributed by atoms with Crippen molar-refractivity contribution in [3.63, 3.8) is 0 Å². The molecule has 0 aliphatic heterocycles. The van der Waals surface area contributed by atoms with Crippen molar-refractivity contribution in [3.05, 3.63) is 47.0 Å². The van der Waals surface area contributed by atoms with Crippen LogP contribution in [-0.4, -0.2) is 40.3 Å². The van der Waals surface area contributed by atoms with Crippen LogP contribution >= 0.6 is 11.3 Å². The van der Waals surface area contributed by atoms with Gasteiger partial charge < -0.3 is 15.7 Å².